The number of ketones is 1. The van der Waals surface area contributed by atoms with Gasteiger partial charge in [0.2, 0.25) is 0 Å². The van der Waals surface area contributed by atoms with E-state index in [9.17, 15) is 9.59 Å². The van der Waals surface area contributed by atoms with E-state index in [-0.39, 0.29) is 24.7 Å². The topological polar surface area (TPSA) is 55.8 Å². The Bertz CT molecular complexity index is 908. The van der Waals surface area contributed by atoms with Crippen LogP contribution in [-0.2, 0) is 4.79 Å². The Hall–Kier alpha value is -2.24. The van der Waals surface area contributed by atoms with Crippen LogP contribution in [-0.4, -0.2) is 41.9 Å². The Labute approximate surface area is 173 Å². The number of benzene rings is 2. The Morgan fingerprint density at radius 2 is 1.86 bits per heavy atom. The summed E-state index contributed by atoms with van der Waals surface area (Å²) in [5, 5.41) is 0.750. The van der Waals surface area contributed by atoms with Gasteiger partial charge in [-0.25, -0.2) is 0 Å². The van der Waals surface area contributed by atoms with E-state index in [1.807, 2.05) is 30.3 Å². The molecule has 4 rings (SSSR count). The van der Waals surface area contributed by atoms with Gasteiger partial charge in [0, 0.05) is 31.0 Å². The molecule has 2 aliphatic heterocycles. The van der Waals surface area contributed by atoms with Crippen molar-refractivity contribution in [3.8, 4) is 11.5 Å². The van der Waals surface area contributed by atoms with Gasteiger partial charge in [-0.1, -0.05) is 41.4 Å². The summed E-state index contributed by atoms with van der Waals surface area (Å²) in [5.74, 6) is 0.953. The third-order valence-electron chi connectivity index (χ3n) is 5.24. The normalized spacial score (nSPS) is 17.8. The molecule has 2 heterocycles. The van der Waals surface area contributed by atoms with Crippen LogP contribution >= 0.6 is 23.2 Å². The highest BCUT2D eigenvalue weighted by atomic mass is 35.5. The van der Waals surface area contributed by atoms with Crippen LogP contribution in [0, 0.1) is 0 Å². The van der Waals surface area contributed by atoms with Gasteiger partial charge in [-0.15, -0.1) is 0 Å². The number of fused-ring (bicyclic) bond motifs is 1. The van der Waals surface area contributed by atoms with Crippen molar-refractivity contribution in [2.24, 2.45) is 0 Å². The van der Waals surface area contributed by atoms with E-state index < -0.39 is 5.60 Å². The molecule has 0 unspecified atom stereocenters. The van der Waals surface area contributed by atoms with Crippen LogP contribution in [0.4, 0.5) is 0 Å². The van der Waals surface area contributed by atoms with Gasteiger partial charge in [0.05, 0.1) is 17.0 Å². The molecule has 0 bridgehead atoms. The second kappa shape index (κ2) is 7.64. The lowest BCUT2D eigenvalue weighted by molar-refractivity contribution is -0.136. The van der Waals surface area contributed by atoms with E-state index in [1.165, 1.54) is 0 Å². The number of carbonyl (C=O) groups is 2. The maximum Gasteiger partial charge on any atom is 0.260 e. The van der Waals surface area contributed by atoms with Gasteiger partial charge in [-0.3, -0.25) is 9.59 Å². The highest BCUT2D eigenvalue weighted by Gasteiger charge is 2.44. The van der Waals surface area contributed by atoms with E-state index in [1.54, 1.807) is 17.0 Å². The van der Waals surface area contributed by atoms with Crippen molar-refractivity contribution < 1.29 is 19.1 Å². The first-order chi connectivity index (χ1) is 13.5. The molecule has 1 fully saturated rings. The Kier molecular flexibility index (Phi) is 5.21. The minimum atomic E-state index is -0.626. The standard InChI is InChI=1S/C21H19Cl2NO4/c22-14-10-16-18(25)12-21(28-20(16)17(23)11-14)6-8-24(9-7-21)19(26)13-27-15-4-2-1-3-5-15/h1-5,10-11H,6-9,12-13H2. The quantitative estimate of drug-likeness (QED) is 0.739. The lowest BCUT2D eigenvalue weighted by atomic mass is 9.82. The predicted molar refractivity (Wildman–Crippen MR) is 107 cm³/mol. The van der Waals surface area contributed by atoms with Crippen LogP contribution < -0.4 is 9.47 Å². The molecule has 0 radical (unpaired) electrons. The van der Waals surface area contributed by atoms with Crippen molar-refractivity contribution in [2.45, 2.75) is 24.9 Å². The molecule has 0 aliphatic carbocycles. The molecule has 1 spiro atoms. The molecule has 0 N–H and O–H groups in total. The van der Waals surface area contributed by atoms with Crippen molar-refractivity contribution in [2.75, 3.05) is 19.7 Å². The molecule has 28 heavy (non-hydrogen) atoms. The number of carbonyl (C=O) groups excluding carboxylic acids is 2. The van der Waals surface area contributed by atoms with Crippen LogP contribution in [0.25, 0.3) is 0 Å². The summed E-state index contributed by atoms with van der Waals surface area (Å²) in [6.45, 7) is 1.000. The van der Waals surface area contributed by atoms with Gasteiger partial charge in [-0.2, -0.15) is 0 Å². The monoisotopic (exact) mass is 419 g/mol. The molecular formula is C21H19Cl2NO4. The van der Waals surface area contributed by atoms with Crippen LogP contribution in [0.15, 0.2) is 42.5 Å². The molecule has 0 atom stereocenters. The van der Waals surface area contributed by atoms with E-state index in [4.69, 9.17) is 32.7 Å². The minimum absolute atomic E-state index is 0.00996. The largest absolute Gasteiger partial charge is 0.484 e. The summed E-state index contributed by atoms with van der Waals surface area (Å²) in [4.78, 5) is 26.8. The van der Waals surface area contributed by atoms with Crippen LogP contribution in [0.3, 0.4) is 0 Å². The third kappa shape index (κ3) is 3.82. The van der Waals surface area contributed by atoms with Gasteiger partial charge >= 0.3 is 0 Å². The number of hydrogen-bond acceptors (Lipinski definition) is 4. The lowest BCUT2D eigenvalue weighted by Gasteiger charge is -2.44. The molecular weight excluding hydrogens is 401 g/mol. The van der Waals surface area contributed by atoms with Crippen molar-refractivity contribution in [3.05, 3.63) is 58.1 Å². The molecule has 1 saturated heterocycles. The number of Topliss-reactive ketones (excluding diaryl/α,β-unsaturated/α-hetero) is 1. The zero-order valence-electron chi connectivity index (χ0n) is 15.1. The fourth-order valence-corrected chi connectivity index (χ4v) is 4.24. The smallest absolute Gasteiger partial charge is 0.260 e. The third-order valence-corrected chi connectivity index (χ3v) is 5.74. The number of piperidine rings is 1. The molecule has 1 amide bonds. The van der Waals surface area contributed by atoms with Crippen LogP contribution in [0.5, 0.6) is 11.5 Å². The van der Waals surface area contributed by atoms with Crippen LogP contribution in [0.2, 0.25) is 10.0 Å². The molecule has 0 saturated carbocycles. The summed E-state index contributed by atoms with van der Waals surface area (Å²) >= 11 is 12.3. The van der Waals surface area contributed by atoms with Gasteiger partial charge in [-0.05, 0) is 24.3 Å². The Balaban J connectivity index is 1.39. The molecule has 2 aromatic rings. The van der Waals surface area contributed by atoms with E-state index in [0.717, 1.165) is 0 Å². The summed E-state index contributed by atoms with van der Waals surface area (Å²) in [7, 11) is 0. The van der Waals surface area contributed by atoms with Gasteiger partial charge in [0.25, 0.3) is 5.91 Å². The van der Waals surface area contributed by atoms with Crippen molar-refractivity contribution in [3.63, 3.8) is 0 Å². The van der Waals surface area contributed by atoms with E-state index >= 15 is 0 Å². The average Bonchev–Trinajstić information content (AvgIpc) is 2.69. The second-order valence-corrected chi connectivity index (χ2v) is 7.98. The molecule has 7 heteroatoms. The number of nitrogens with zero attached hydrogens (tertiary/aromatic N) is 1. The highest BCUT2D eigenvalue weighted by Crippen LogP contribution is 2.44. The van der Waals surface area contributed by atoms with Gasteiger partial charge in [0.1, 0.15) is 17.1 Å². The first kappa shape index (κ1) is 19.1. The number of para-hydroxylation sites is 1. The fraction of sp³-hybridized carbons (Fsp3) is 0.333. The molecule has 146 valence electrons. The Morgan fingerprint density at radius 3 is 2.57 bits per heavy atom. The maximum atomic E-state index is 12.6. The number of rotatable bonds is 3. The number of halogens is 2. The number of amides is 1. The average molecular weight is 420 g/mol. The highest BCUT2D eigenvalue weighted by molar-refractivity contribution is 6.36. The molecule has 2 aliphatic rings. The number of likely N-dealkylation sites (tertiary alicyclic amines) is 1. The fourth-order valence-electron chi connectivity index (χ4n) is 3.71. The van der Waals surface area contributed by atoms with E-state index in [2.05, 4.69) is 0 Å². The number of ether oxygens (including phenoxy) is 2. The summed E-state index contributed by atoms with van der Waals surface area (Å²) in [6.07, 6.45) is 1.39. The van der Waals surface area contributed by atoms with Crippen molar-refractivity contribution in [1.29, 1.82) is 0 Å². The van der Waals surface area contributed by atoms with E-state index in [0.29, 0.717) is 53.0 Å². The summed E-state index contributed by atoms with van der Waals surface area (Å²) in [6, 6.07) is 12.4. The molecule has 5 nitrogen and oxygen atoms in total. The molecule has 2 aromatic carbocycles. The van der Waals surface area contributed by atoms with Crippen molar-refractivity contribution >= 4 is 34.9 Å². The maximum absolute atomic E-state index is 12.6. The minimum Gasteiger partial charge on any atom is -0.484 e. The predicted octanol–water partition coefficient (Wildman–Crippen LogP) is 4.40. The van der Waals surface area contributed by atoms with Crippen LogP contribution in [0.1, 0.15) is 29.6 Å². The van der Waals surface area contributed by atoms with Gasteiger partial charge in [0.15, 0.2) is 12.4 Å². The number of hydrogen-bond donors (Lipinski definition) is 0. The second-order valence-electron chi connectivity index (χ2n) is 7.13. The SMILES string of the molecule is O=C1CC2(CCN(C(=O)COc3ccccc3)CC2)Oc2c(Cl)cc(Cl)cc21. The summed E-state index contributed by atoms with van der Waals surface area (Å²) < 4.78 is 11.7. The first-order valence-electron chi connectivity index (χ1n) is 9.13. The first-order valence-corrected chi connectivity index (χ1v) is 9.88. The van der Waals surface area contributed by atoms with Gasteiger partial charge < -0.3 is 14.4 Å². The zero-order valence-corrected chi connectivity index (χ0v) is 16.6. The Morgan fingerprint density at radius 1 is 1.14 bits per heavy atom. The van der Waals surface area contributed by atoms with Crippen molar-refractivity contribution in [1.82, 2.24) is 4.90 Å². The lowest BCUT2D eigenvalue weighted by Crippen LogP contribution is -2.53. The summed E-state index contributed by atoms with van der Waals surface area (Å²) in [5.41, 5.74) is -0.198. The zero-order chi connectivity index (χ0) is 19.7. The molecule has 0 aromatic heterocycles.